The van der Waals surface area contributed by atoms with Crippen molar-refractivity contribution in [2.45, 2.75) is 26.2 Å². The van der Waals surface area contributed by atoms with Crippen LogP contribution in [0.1, 0.15) is 26.3 Å². The van der Waals surface area contributed by atoms with E-state index in [2.05, 4.69) is 0 Å². The fraction of sp³-hybridized carbons (Fsp3) is 0.571. The van der Waals surface area contributed by atoms with E-state index in [-0.39, 0.29) is 12.2 Å². The molecule has 2 N–H and O–H groups in total. The molecule has 0 atom stereocenters. The maximum atomic E-state index is 9.25. The molecule has 0 aliphatic carbocycles. The van der Waals surface area contributed by atoms with Crippen molar-refractivity contribution in [1.82, 2.24) is 0 Å². The fourth-order valence-electron chi connectivity index (χ4n) is 1.73. The van der Waals surface area contributed by atoms with Gasteiger partial charge in [-0.3, -0.25) is 0 Å². The van der Waals surface area contributed by atoms with Crippen LogP contribution in [-0.2, 0) is 14.9 Å². The van der Waals surface area contributed by atoms with Crippen molar-refractivity contribution >= 4 is 12.6 Å². The lowest BCUT2D eigenvalue weighted by molar-refractivity contribution is -0.00917. The van der Waals surface area contributed by atoms with E-state index in [4.69, 9.17) is 14.2 Å². The molecular weight excluding hydrogens is 259 g/mol. The second kappa shape index (κ2) is 7.64. The van der Waals surface area contributed by atoms with Crippen LogP contribution < -0.4 is 10.2 Å². The fourth-order valence-corrected chi connectivity index (χ4v) is 1.73. The van der Waals surface area contributed by atoms with Crippen molar-refractivity contribution in [1.29, 1.82) is 0 Å². The molecule has 1 rings (SSSR count). The molecule has 0 radical (unpaired) electrons. The number of benzene rings is 1. The van der Waals surface area contributed by atoms with Crippen LogP contribution in [0.4, 0.5) is 0 Å². The highest BCUT2D eigenvalue weighted by molar-refractivity contribution is 6.58. The van der Waals surface area contributed by atoms with Gasteiger partial charge in [0.25, 0.3) is 0 Å². The lowest BCUT2D eigenvalue weighted by atomic mass is 9.76. The van der Waals surface area contributed by atoms with E-state index < -0.39 is 7.12 Å². The molecule has 0 aliphatic rings. The van der Waals surface area contributed by atoms with Crippen LogP contribution in [0.3, 0.4) is 0 Å². The van der Waals surface area contributed by atoms with Gasteiger partial charge in [0.2, 0.25) is 0 Å². The number of ether oxygens (including phenoxy) is 3. The Balaban J connectivity index is 2.79. The largest absolute Gasteiger partial charge is 0.488 e. The highest BCUT2D eigenvalue weighted by Gasteiger charge is 2.22. The van der Waals surface area contributed by atoms with Gasteiger partial charge in [0.1, 0.15) is 5.75 Å². The summed E-state index contributed by atoms with van der Waals surface area (Å²) in [6.07, 6.45) is 0. The van der Waals surface area contributed by atoms with Gasteiger partial charge in [-0.15, -0.1) is 0 Å². The van der Waals surface area contributed by atoms with E-state index in [0.29, 0.717) is 24.4 Å². The molecule has 20 heavy (non-hydrogen) atoms. The molecule has 0 aromatic heterocycles. The number of hydrogen-bond donors (Lipinski definition) is 2. The summed E-state index contributed by atoms with van der Waals surface area (Å²) in [7, 11) is 0.129. The van der Waals surface area contributed by atoms with Crippen molar-refractivity contribution in [3.8, 4) is 5.75 Å². The first-order valence-electron chi connectivity index (χ1n) is 6.56. The zero-order valence-electron chi connectivity index (χ0n) is 12.5. The quantitative estimate of drug-likeness (QED) is 0.437. The topological polar surface area (TPSA) is 68.2 Å². The minimum atomic E-state index is -1.48. The molecule has 0 aliphatic heterocycles. The van der Waals surface area contributed by atoms with Crippen LogP contribution in [0, 0.1) is 0 Å². The molecular formula is C14H23BO5. The van der Waals surface area contributed by atoms with Gasteiger partial charge in [0, 0.05) is 7.11 Å². The van der Waals surface area contributed by atoms with Crippen LogP contribution in [-0.4, -0.2) is 44.3 Å². The summed E-state index contributed by atoms with van der Waals surface area (Å²) < 4.78 is 15.8. The first-order valence-corrected chi connectivity index (χ1v) is 6.56. The van der Waals surface area contributed by atoms with E-state index in [9.17, 15) is 10.0 Å². The molecule has 0 saturated heterocycles. The summed E-state index contributed by atoms with van der Waals surface area (Å²) >= 11 is 0. The molecule has 0 bridgehead atoms. The van der Waals surface area contributed by atoms with Crippen LogP contribution in [0.2, 0.25) is 0 Å². The summed E-state index contributed by atoms with van der Waals surface area (Å²) in [5, 5.41) is 18.5. The van der Waals surface area contributed by atoms with Crippen LogP contribution >= 0.6 is 0 Å². The lowest BCUT2D eigenvalue weighted by Gasteiger charge is -2.23. The number of hydrogen-bond acceptors (Lipinski definition) is 5. The third-order valence-electron chi connectivity index (χ3n) is 2.84. The number of methoxy groups -OCH3 is 1. The summed E-state index contributed by atoms with van der Waals surface area (Å²) in [5.74, 6) is 0.680. The second-order valence-corrected chi connectivity index (χ2v) is 5.54. The molecule has 0 amide bonds. The van der Waals surface area contributed by atoms with Gasteiger partial charge >= 0.3 is 7.12 Å². The van der Waals surface area contributed by atoms with Gasteiger partial charge in [-0.2, -0.15) is 0 Å². The summed E-state index contributed by atoms with van der Waals surface area (Å²) in [6, 6.07) is 5.11. The third-order valence-corrected chi connectivity index (χ3v) is 2.84. The molecule has 0 heterocycles. The van der Waals surface area contributed by atoms with Crippen molar-refractivity contribution in [3.05, 3.63) is 23.8 Å². The van der Waals surface area contributed by atoms with E-state index >= 15 is 0 Å². The molecule has 112 valence electrons. The summed E-state index contributed by atoms with van der Waals surface area (Å²) in [6.45, 7) is 7.23. The van der Waals surface area contributed by atoms with Gasteiger partial charge in [0.15, 0.2) is 6.79 Å². The molecule has 5 nitrogen and oxygen atoms in total. The lowest BCUT2D eigenvalue weighted by Crippen LogP contribution is -2.31. The van der Waals surface area contributed by atoms with Crippen molar-refractivity contribution in [3.63, 3.8) is 0 Å². The Bertz CT molecular complexity index is 415. The maximum absolute atomic E-state index is 9.25. The minimum absolute atomic E-state index is 0.132. The Morgan fingerprint density at radius 1 is 1.15 bits per heavy atom. The van der Waals surface area contributed by atoms with Gasteiger partial charge in [-0.05, 0) is 22.5 Å². The first kappa shape index (κ1) is 17.0. The molecule has 0 saturated carbocycles. The van der Waals surface area contributed by atoms with Gasteiger partial charge < -0.3 is 24.3 Å². The zero-order chi connectivity index (χ0) is 15.2. The molecule has 0 spiro atoms. The Hall–Kier alpha value is -1.08. The van der Waals surface area contributed by atoms with Crippen molar-refractivity contribution in [2.75, 3.05) is 27.1 Å². The average molecular weight is 282 g/mol. The minimum Gasteiger partial charge on any atom is -0.467 e. The Morgan fingerprint density at radius 2 is 1.85 bits per heavy atom. The molecule has 1 aromatic carbocycles. The van der Waals surface area contributed by atoms with Crippen LogP contribution in [0.25, 0.3) is 0 Å². The second-order valence-electron chi connectivity index (χ2n) is 5.54. The predicted octanol–water partition coefficient (Wildman–Crippen LogP) is 0.663. The standard InChI is InChI=1S/C14H23BO5/c1-14(2,3)12-9-11(15(16)17)5-6-13(12)20-10-19-8-7-18-4/h5-6,9,16-17H,7-8,10H2,1-4H3. The SMILES string of the molecule is COCCOCOc1ccc(B(O)O)cc1C(C)(C)C. The Morgan fingerprint density at radius 3 is 2.40 bits per heavy atom. The zero-order valence-corrected chi connectivity index (χ0v) is 12.5. The van der Waals surface area contributed by atoms with Gasteiger partial charge in [-0.25, -0.2) is 0 Å². The summed E-state index contributed by atoms with van der Waals surface area (Å²) in [5.41, 5.74) is 1.17. The van der Waals surface area contributed by atoms with E-state index in [1.807, 2.05) is 20.8 Å². The normalized spacial score (nSPS) is 11.5. The highest BCUT2D eigenvalue weighted by atomic mass is 16.7. The predicted molar refractivity (Wildman–Crippen MR) is 78.3 cm³/mol. The van der Waals surface area contributed by atoms with E-state index in [1.165, 1.54) is 0 Å². The Labute approximate surface area is 120 Å². The van der Waals surface area contributed by atoms with Crippen molar-refractivity contribution < 1.29 is 24.3 Å². The Kier molecular flexibility index (Phi) is 6.49. The van der Waals surface area contributed by atoms with Gasteiger partial charge in [-0.1, -0.05) is 32.9 Å². The van der Waals surface area contributed by atoms with E-state index in [0.717, 1.165) is 5.56 Å². The average Bonchev–Trinajstić information content (AvgIpc) is 2.37. The monoisotopic (exact) mass is 282 g/mol. The van der Waals surface area contributed by atoms with Crippen molar-refractivity contribution in [2.24, 2.45) is 0 Å². The van der Waals surface area contributed by atoms with Gasteiger partial charge in [0.05, 0.1) is 13.2 Å². The third kappa shape index (κ3) is 5.13. The summed E-state index contributed by atoms with van der Waals surface area (Å²) in [4.78, 5) is 0. The molecule has 6 heteroatoms. The van der Waals surface area contributed by atoms with Crippen LogP contribution in [0.15, 0.2) is 18.2 Å². The highest BCUT2D eigenvalue weighted by Crippen LogP contribution is 2.30. The first-order chi connectivity index (χ1) is 9.36. The maximum Gasteiger partial charge on any atom is 0.488 e. The smallest absolute Gasteiger partial charge is 0.467 e. The van der Waals surface area contributed by atoms with E-state index in [1.54, 1.807) is 25.3 Å². The number of rotatable bonds is 7. The van der Waals surface area contributed by atoms with Crippen LogP contribution in [0.5, 0.6) is 5.75 Å². The molecule has 0 fully saturated rings. The molecule has 1 aromatic rings. The molecule has 0 unspecified atom stereocenters.